The third-order valence-corrected chi connectivity index (χ3v) is 5.46. The second-order valence-electron chi connectivity index (χ2n) is 7.24. The van der Waals surface area contributed by atoms with Gasteiger partial charge in [-0.1, -0.05) is 18.2 Å². The lowest BCUT2D eigenvalue weighted by Crippen LogP contribution is -2.42. The molecule has 2 amide bonds. The van der Waals surface area contributed by atoms with Gasteiger partial charge >= 0.3 is 5.69 Å². The van der Waals surface area contributed by atoms with E-state index in [1.807, 2.05) is 35.2 Å². The summed E-state index contributed by atoms with van der Waals surface area (Å²) in [6.45, 7) is 1.67. The fourth-order valence-corrected chi connectivity index (χ4v) is 3.96. The molecule has 1 aromatic heterocycles. The van der Waals surface area contributed by atoms with E-state index in [2.05, 4.69) is 10.4 Å². The van der Waals surface area contributed by atoms with Crippen LogP contribution in [0.15, 0.2) is 35.1 Å². The summed E-state index contributed by atoms with van der Waals surface area (Å²) in [7, 11) is 1.66. The molecule has 4 rings (SSSR count). The molecule has 1 atom stereocenters. The highest BCUT2D eigenvalue weighted by Crippen LogP contribution is 2.28. The summed E-state index contributed by atoms with van der Waals surface area (Å²) >= 11 is 0. The van der Waals surface area contributed by atoms with Gasteiger partial charge in [-0.3, -0.25) is 9.59 Å². The lowest BCUT2D eigenvalue weighted by atomic mass is 9.94. The Balaban J connectivity index is 1.51. The van der Waals surface area contributed by atoms with E-state index >= 15 is 0 Å². The smallest absolute Gasteiger partial charge is 0.350 e. The summed E-state index contributed by atoms with van der Waals surface area (Å²) in [6, 6.07) is 9.51. The lowest BCUT2D eigenvalue weighted by molar-refractivity contribution is -0.136. The summed E-state index contributed by atoms with van der Waals surface area (Å²) in [6.07, 6.45) is 1.79. The van der Waals surface area contributed by atoms with E-state index < -0.39 is 0 Å². The number of carbonyl (C=O) groups is 2. The van der Waals surface area contributed by atoms with Gasteiger partial charge in [0.25, 0.3) is 0 Å². The third kappa shape index (κ3) is 3.27. The Bertz CT molecular complexity index is 909. The number of carbonyl (C=O) groups excluding carboxylic acids is 2. The molecule has 0 bridgehead atoms. The Hall–Kier alpha value is -2.90. The van der Waals surface area contributed by atoms with Crippen LogP contribution in [0.1, 0.15) is 31.0 Å². The van der Waals surface area contributed by atoms with Crippen molar-refractivity contribution in [2.45, 2.75) is 25.2 Å². The number of nitrogens with zero attached hydrogens (tertiary/aromatic N) is 4. The molecule has 8 heteroatoms. The van der Waals surface area contributed by atoms with E-state index in [-0.39, 0.29) is 35.8 Å². The third-order valence-electron chi connectivity index (χ3n) is 5.46. The summed E-state index contributed by atoms with van der Waals surface area (Å²) in [5.41, 5.74) is 0.643. The van der Waals surface area contributed by atoms with Crippen molar-refractivity contribution >= 4 is 11.8 Å². The van der Waals surface area contributed by atoms with Gasteiger partial charge in [0.05, 0.1) is 11.6 Å². The second-order valence-corrected chi connectivity index (χ2v) is 7.24. The van der Waals surface area contributed by atoms with Crippen molar-refractivity contribution in [2.24, 2.45) is 13.0 Å². The summed E-state index contributed by atoms with van der Waals surface area (Å²) in [5.74, 6) is 0.619. The molecule has 27 heavy (non-hydrogen) atoms. The van der Waals surface area contributed by atoms with Crippen LogP contribution in [0.2, 0.25) is 0 Å². The molecule has 8 nitrogen and oxygen atoms in total. The number of aromatic nitrogens is 3. The van der Waals surface area contributed by atoms with Crippen LogP contribution >= 0.6 is 0 Å². The minimum atomic E-state index is -0.244. The first-order valence-electron chi connectivity index (χ1n) is 9.31. The molecule has 3 heterocycles. The predicted molar refractivity (Wildman–Crippen MR) is 98.5 cm³/mol. The van der Waals surface area contributed by atoms with Crippen molar-refractivity contribution in [2.75, 3.05) is 19.6 Å². The number of piperidine rings is 1. The van der Waals surface area contributed by atoms with Crippen molar-refractivity contribution in [1.29, 1.82) is 0 Å². The van der Waals surface area contributed by atoms with Gasteiger partial charge in [0.1, 0.15) is 5.82 Å². The quantitative estimate of drug-likeness (QED) is 0.849. The fourth-order valence-electron chi connectivity index (χ4n) is 3.96. The van der Waals surface area contributed by atoms with E-state index in [1.54, 1.807) is 11.6 Å². The topological polar surface area (TPSA) is 89.2 Å². The number of benzene rings is 1. The molecule has 0 spiro atoms. The van der Waals surface area contributed by atoms with Crippen molar-refractivity contribution in [3.8, 4) is 5.69 Å². The highest BCUT2D eigenvalue weighted by atomic mass is 16.2. The van der Waals surface area contributed by atoms with Crippen molar-refractivity contribution in [3.63, 3.8) is 0 Å². The number of nitrogens with one attached hydrogen (secondary N) is 1. The van der Waals surface area contributed by atoms with Crippen LogP contribution in [0.25, 0.3) is 5.69 Å². The highest BCUT2D eigenvalue weighted by molar-refractivity contribution is 5.89. The van der Waals surface area contributed by atoms with Gasteiger partial charge < -0.3 is 10.2 Å². The Morgan fingerprint density at radius 2 is 1.85 bits per heavy atom. The van der Waals surface area contributed by atoms with Crippen molar-refractivity contribution in [3.05, 3.63) is 46.6 Å². The number of hydrogen-bond acceptors (Lipinski definition) is 4. The SMILES string of the molecule is Cn1nc(C2CCN(C(=O)[C@@H]3CNC(=O)C3)CC2)n(-c2ccccc2)c1=O. The average molecular weight is 369 g/mol. The highest BCUT2D eigenvalue weighted by Gasteiger charge is 2.34. The molecule has 0 saturated carbocycles. The first kappa shape index (κ1) is 17.5. The zero-order valence-corrected chi connectivity index (χ0v) is 15.3. The molecule has 142 valence electrons. The lowest BCUT2D eigenvalue weighted by Gasteiger charge is -2.33. The van der Waals surface area contributed by atoms with Gasteiger partial charge in [-0.25, -0.2) is 14.0 Å². The molecule has 0 radical (unpaired) electrons. The average Bonchev–Trinajstić information content (AvgIpc) is 3.26. The fraction of sp³-hybridized carbons (Fsp3) is 0.474. The maximum absolute atomic E-state index is 12.6. The molecule has 2 aliphatic rings. The van der Waals surface area contributed by atoms with E-state index in [1.165, 1.54) is 4.68 Å². The zero-order chi connectivity index (χ0) is 19.0. The zero-order valence-electron chi connectivity index (χ0n) is 15.3. The molecule has 2 aliphatic heterocycles. The number of likely N-dealkylation sites (tertiary alicyclic amines) is 1. The van der Waals surface area contributed by atoms with Crippen LogP contribution in [-0.4, -0.2) is 50.7 Å². The van der Waals surface area contributed by atoms with Crippen LogP contribution in [-0.2, 0) is 16.6 Å². The summed E-state index contributed by atoms with van der Waals surface area (Å²) in [5, 5.41) is 7.20. The van der Waals surface area contributed by atoms with Gasteiger partial charge in [-0.05, 0) is 25.0 Å². The standard InChI is InChI=1S/C19H23N5O3/c1-22-19(27)24(15-5-3-2-4-6-15)17(21-22)13-7-9-23(10-8-13)18(26)14-11-16(25)20-12-14/h2-6,13-14H,7-12H2,1H3,(H,20,25)/t14-/m0/s1. The number of aryl methyl sites for hydroxylation is 1. The van der Waals surface area contributed by atoms with Crippen LogP contribution in [0.3, 0.4) is 0 Å². The normalized spacial score (nSPS) is 20.7. The Kier molecular flexibility index (Phi) is 4.55. The van der Waals surface area contributed by atoms with Crippen LogP contribution < -0.4 is 11.0 Å². The first-order chi connectivity index (χ1) is 13.0. The van der Waals surface area contributed by atoms with E-state index in [4.69, 9.17) is 0 Å². The second kappa shape index (κ2) is 7.02. The molecule has 0 aliphatic carbocycles. The molecule has 2 fully saturated rings. The van der Waals surface area contributed by atoms with Crippen LogP contribution in [0.4, 0.5) is 0 Å². The van der Waals surface area contributed by atoms with E-state index in [9.17, 15) is 14.4 Å². The number of amides is 2. The molecular formula is C19H23N5O3. The molecule has 1 N–H and O–H groups in total. The number of rotatable bonds is 3. The van der Waals surface area contributed by atoms with E-state index in [0.29, 0.717) is 19.6 Å². The predicted octanol–water partition coefficient (Wildman–Crippen LogP) is 0.413. The Morgan fingerprint density at radius 3 is 2.48 bits per heavy atom. The summed E-state index contributed by atoms with van der Waals surface area (Å²) in [4.78, 5) is 38.4. The molecule has 1 aromatic carbocycles. The molecule has 2 saturated heterocycles. The molecular weight excluding hydrogens is 346 g/mol. The monoisotopic (exact) mass is 369 g/mol. The van der Waals surface area contributed by atoms with Gasteiger partial charge in [0.2, 0.25) is 11.8 Å². The van der Waals surface area contributed by atoms with Crippen LogP contribution in [0.5, 0.6) is 0 Å². The van der Waals surface area contributed by atoms with E-state index in [0.717, 1.165) is 24.4 Å². The first-order valence-corrected chi connectivity index (χ1v) is 9.31. The minimum Gasteiger partial charge on any atom is -0.355 e. The van der Waals surface area contributed by atoms with Gasteiger partial charge in [0, 0.05) is 39.0 Å². The molecule has 0 unspecified atom stereocenters. The molecule has 2 aromatic rings. The largest absolute Gasteiger partial charge is 0.355 e. The maximum Gasteiger partial charge on any atom is 0.350 e. The Morgan fingerprint density at radius 1 is 1.15 bits per heavy atom. The van der Waals surface area contributed by atoms with Gasteiger partial charge in [-0.15, -0.1) is 0 Å². The minimum absolute atomic E-state index is 0.0493. The Labute approximate surface area is 156 Å². The maximum atomic E-state index is 12.6. The number of hydrogen-bond donors (Lipinski definition) is 1. The van der Waals surface area contributed by atoms with Gasteiger partial charge in [-0.2, -0.15) is 5.10 Å². The van der Waals surface area contributed by atoms with Crippen molar-refractivity contribution in [1.82, 2.24) is 24.6 Å². The summed E-state index contributed by atoms with van der Waals surface area (Å²) < 4.78 is 3.04. The van der Waals surface area contributed by atoms with Gasteiger partial charge in [0.15, 0.2) is 0 Å². The van der Waals surface area contributed by atoms with Crippen molar-refractivity contribution < 1.29 is 9.59 Å². The van der Waals surface area contributed by atoms with Crippen LogP contribution in [0, 0.1) is 5.92 Å². The number of para-hydroxylation sites is 1.